The fraction of sp³-hybridized carbons (Fsp3) is 0.615. The van der Waals surface area contributed by atoms with E-state index >= 15 is 0 Å². The Labute approximate surface area is 97.9 Å². The molecular formula is C13H22N2O. The minimum Gasteiger partial charge on any atom is -0.395 e. The molecule has 0 spiro atoms. The highest BCUT2D eigenvalue weighted by atomic mass is 16.3. The zero-order valence-corrected chi connectivity index (χ0v) is 10.4. The molecule has 0 amide bonds. The number of aliphatic hydroxyl groups is 1. The number of pyridine rings is 1. The fourth-order valence-electron chi connectivity index (χ4n) is 1.79. The quantitative estimate of drug-likeness (QED) is 0.775. The van der Waals surface area contributed by atoms with Gasteiger partial charge in [0.05, 0.1) is 6.61 Å². The first kappa shape index (κ1) is 13.1. The first-order valence-electron chi connectivity index (χ1n) is 5.95. The van der Waals surface area contributed by atoms with E-state index < -0.39 is 0 Å². The molecule has 16 heavy (non-hydrogen) atoms. The summed E-state index contributed by atoms with van der Waals surface area (Å²) in [4.78, 5) is 4.14. The Hall–Kier alpha value is -0.930. The van der Waals surface area contributed by atoms with Crippen molar-refractivity contribution in [1.29, 1.82) is 0 Å². The SMILES string of the molecule is CC[C@H](CO)NC(c1cccnc1)C(C)C. The Morgan fingerprint density at radius 3 is 2.62 bits per heavy atom. The number of rotatable bonds is 6. The van der Waals surface area contributed by atoms with Gasteiger partial charge in [0.2, 0.25) is 0 Å². The lowest BCUT2D eigenvalue weighted by atomic mass is 9.96. The highest BCUT2D eigenvalue weighted by Gasteiger charge is 2.18. The Morgan fingerprint density at radius 1 is 1.44 bits per heavy atom. The smallest absolute Gasteiger partial charge is 0.0584 e. The molecule has 3 nitrogen and oxygen atoms in total. The molecule has 90 valence electrons. The van der Waals surface area contributed by atoms with Gasteiger partial charge in [0, 0.05) is 24.5 Å². The van der Waals surface area contributed by atoms with E-state index in [0.717, 1.165) is 6.42 Å². The average Bonchev–Trinajstić information content (AvgIpc) is 2.31. The number of aliphatic hydroxyl groups excluding tert-OH is 1. The molecule has 1 aromatic heterocycles. The van der Waals surface area contributed by atoms with Gasteiger partial charge in [0.25, 0.3) is 0 Å². The Balaban J connectivity index is 2.76. The molecule has 1 unspecified atom stereocenters. The molecule has 0 aliphatic carbocycles. The van der Waals surface area contributed by atoms with Crippen LogP contribution in [0.4, 0.5) is 0 Å². The van der Waals surface area contributed by atoms with E-state index in [1.165, 1.54) is 5.56 Å². The largest absolute Gasteiger partial charge is 0.395 e. The van der Waals surface area contributed by atoms with Crippen LogP contribution in [-0.2, 0) is 0 Å². The highest BCUT2D eigenvalue weighted by Crippen LogP contribution is 2.21. The van der Waals surface area contributed by atoms with Gasteiger partial charge >= 0.3 is 0 Å². The van der Waals surface area contributed by atoms with Crippen molar-refractivity contribution in [2.45, 2.75) is 39.3 Å². The summed E-state index contributed by atoms with van der Waals surface area (Å²) in [5, 5.41) is 12.7. The van der Waals surface area contributed by atoms with Crippen molar-refractivity contribution in [1.82, 2.24) is 10.3 Å². The number of nitrogens with one attached hydrogen (secondary N) is 1. The Kier molecular flexibility index (Phi) is 5.43. The molecule has 0 saturated carbocycles. The monoisotopic (exact) mass is 222 g/mol. The average molecular weight is 222 g/mol. The van der Waals surface area contributed by atoms with Crippen molar-refractivity contribution in [2.75, 3.05) is 6.61 Å². The third kappa shape index (κ3) is 3.58. The summed E-state index contributed by atoms with van der Waals surface area (Å²) < 4.78 is 0. The van der Waals surface area contributed by atoms with E-state index in [9.17, 15) is 5.11 Å². The summed E-state index contributed by atoms with van der Waals surface area (Å²) in [5.41, 5.74) is 1.18. The van der Waals surface area contributed by atoms with Crippen LogP contribution in [0.2, 0.25) is 0 Å². The lowest BCUT2D eigenvalue weighted by Gasteiger charge is -2.27. The molecule has 0 aliphatic heterocycles. The van der Waals surface area contributed by atoms with Crippen LogP contribution in [0.25, 0.3) is 0 Å². The maximum absolute atomic E-state index is 9.23. The van der Waals surface area contributed by atoms with Gasteiger partial charge in [-0.15, -0.1) is 0 Å². The maximum atomic E-state index is 9.23. The summed E-state index contributed by atoms with van der Waals surface area (Å²) in [6.07, 6.45) is 4.60. The molecule has 0 fully saturated rings. The van der Waals surface area contributed by atoms with Crippen molar-refractivity contribution < 1.29 is 5.11 Å². The van der Waals surface area contributed by atoms with Crippen molar-refractivity contribution in [3.05, 3.63) is 30.1 Å². The second-order valence-electron chi connectivity index (χ2n) is 4.46. The normalized spacial score (nSPS) is 15.1. The number of aromatic nitrogens is 1. The predicted octanol–water partition coefficient (Wildman–Crippen LogP) is 2.14. The van der Waals surface area contributed by atoms with Crippen LogP contribution in [0.3, 0.4) is 0 Å². The summed E-state index contributed by atoms with van der Waals surface area (Å²) in [7, 11) is 0. The molecular weight excluding hydrogens is 200 g/mol. The van der Waals surface area contributed by atoms with E-state index in [1.54, 1.807) is 6.20 Å². The zero-order valence-electron chi connectivity index (χ0n) is 10.4. The number of hydrogen-bond donors (Lipinski definition) is 2. The topological polar surface area (TPSA) is 45.1 Å². The van der Waals surface area contributed by atoms with Crippen LogP contribution >= 0.6 is 0 Å². The van der Waals surface area contributed by atoms with Crippen LogP contribution in [0.5, 0.6) is 0 Å². The summed E-state index contributed by atoms with van der Waals surface area (Å²) >= 11 is 0. The zero-order chi connectivity index (χ0) is 12.0. The van der Waals surface area contributed by atoms with Crippen LogP contribution < -0.4 is 5.32 Å². The van der Waals surface area contributed by atoms with Gasteiger partial charge in [-0.2, -0.15) is 0 Å². The molecule has 1 aromatic rings. The van der Waals surface area contributed by atoms with Gasteiger partial charge < -0.3 is 10.4 Å². The maximum Gasteiger partial charge on any atom is 0.0584 e. The lowest BCUT2D eigenvalue weighted by Crippen LogP contribution is -2.37. The first-order chi connectivity index (χ1) is 7.69. The van der Waals surface area contributed by atoms with E-state index in [1.807, 2.05) is 12.3 Å². The van der Waals surface area contributed by atoms with Gasteiger partial charge in [-0.1, -0.05) is 26.8 Å². The van der Waals surface area contributed by atoms with E-state index in [2.05, 4.69) is 37.1 Å². The summed E-state index contributed by atoms with van der Waals surface area (Å²) in [6, 6.07) is 4.44. The van der Waals surface area contributed by atoms with Gasteiger partial charge in [-0.25, -0.2) is 0 Å². The molecule has 2 N–H and O–H groups in total. The number of hydrogen-bond acceptors (Lipinski definition) is 3. The molecule has 0 saturated heterocycles. The third-order valence-corrected chi connectivity index (χ3v) is 2.84. The molecule has 0 radical (unpaired) electrons. The standard InChI is InChI=1S/C13H22N2O/c1-4-12(9-16)15-13(10(2)3)11-6-5-7-14-8-11/h5-8,10,12-13,15-16H,4,9H2,1-3H3/t12-,13?/m1/s1. The lowest BCUT2D eigenvalue weighted by molar-refractivity contribution is 0.216. The van der Waals surface area contributed by atoms with Crippen molar-refractivity contribution in [2.24, 2.45) is 5.92 Å². The van der Waals surface area contributed by atoms with Crippen molar-refractivity contribution in [3.63, 3.8) is 0 Å². The minimum absolute atomic E-state index is 0.160. The minimum atomic E-state index is 0.160. The van der Waals surface area contributed by atoms with E-state index in [-0.39, 0.29) is 18.7 Å². The molecule has 3 heteroatoms. The first-order valence-corrected chi connectivity index (χ1v) is 5.95. The number of nitrogens with zero attached hydrogens (tertiary/aromatic N) is 1. The fourth-order valence-corrected chi connectivity index (χ4v) is 1.79. The van der Waals surface area contributed by atoms with Crippen LogP contribution in [0.1, 0.15) is 38.8 Å². The molecule has 0 bridgehead atoms. The molecule has 0 aliphatic rings. The summed E-state index contributed by atoms with van der Waals surface area (Å²) in [6.45, 7) is 6.61. The predicted molar refractivity (Wildman–Crippen MR) is 66.1 cm³/mol. The molecule has 2 atom stereocenters. The molecule has 1 rings (SSSR count). The Morgan fingerprint density at radius 2 is 2.19 bits per heavy atom. The summed E-state index contributed by atoms with van der Waals surface area (Å²) in [5.74, 6) is 0.477. The van der Waals surface area contributed by atoms with Crippen LogP contribution in [0, 0.1) is 5.92 Å². The highest BCUT2D eigenvalue weighted by molar-refractivity contribution is 5.14. The van der Waals surface area contributed by atoms with Crippen LogP contribution in [-0.4, -0.2) is 22.7 Å². The molecule has 1 heterocycles. The Bertz CT molecular complexity index is 283. The second kappa shape index (κ2) is 6.61. The second-order valence-corrected chi connectivity index (χ2v) is 4.46. The van der Waals surface area contributed by atoms with E-state index in [4.69, 9.17) is 0 Å². The van der Waals surface area contributed by atoms with Crippen molar-refractivity contribution in [3.8, 4) is 0 Å². The van der Waals surface area contributed by atoms with Gasteiger partial charge in [-0.05, 0) is 24.0 Å². The van der Waals surface area contributed by atoms with Crippen LogP contribution in [0.15, 0.2) is 24.5 Å². The molecule has 0 aromatic carbocycles. The van der Waals surface area contributed by atoms with Gasteiger partial charge in [-0.3, -0.25) is 4.98 Å². The van der Waals surface area contributed by atoms with Gasteiger partial charge in [0.1, 0.15) is 0 Å². The van der Waals surface area contributed by atoms with E-state index in [0.29, 0.717) is 5.92 Å². The van der Waals surface area contributed by atoms with Gasteiger partial charge in [0.15, 0.2) is 0 Å². The van der Waals surface area contributed by atoms with Crippen molar-refractivity contribution >= 4 is 0 Å². The third-order valence-electron chi connectivity index (χ3n) is 2.84.